The van der Waals surface area contributed by atoms with Crippen molar-refractivity contribution < 1.29 is 27.5 Å². The summed E-state index contributed by atoms with van der Waals surface area (Å²) in [7, 11) is 1.40. The Hall–Kier alpha value is -3.10. The van der Waals surface area contributed by atoms with Crippen molar-refractivity contribution in [3.63, 3.8) is 0 Å². The summed E-state index contributed by atoms with van der Waals surface area (Å²) in [6.45, 7) is 2.65. The molecule has 0 aliphatic rings. The van der Waals surface area contributed by atoms with Crippen molar-refractivity contribution in [2.24, 2.45) is 0 Å². The number of methoxy groups -OCH3 is 1. The summed E-state index contributed by atoms with van der Waals surface area (Å²) in [6, 6.07) is 6.40. The first-order valence-electron chi connectivity index (χ1n) is 7.43. The number of anilines is 2. The molecule has 0 radical (unpaired) electrons. The number of rotatable bonds is 4. The number of nitrogens with one attached hydrogen (secondary N) is 2. The minimum absolute atomic E-state index is 0.00927. The Bertz CT molecular complexity index is 851. The van der Waals surface area contributed by atoms with Crippen LogP contribution >= 0.6 is 0 Å². The molecule has 1 heterocycles. The number of alkyl halides is 3. The molecule has 2 aromatic rings. The second-order valence-corrected chi connectivity index (χ2v) is 5.38. The molecule has 0 bridgehead atoms. The molecule has 1 aromatic heterocycles. The quantitative estimate of drug-likeness (QED) is 0.865. The Kier molecular flexibility index (Phi) is 5.49. The maximum atomic E-state index is 12.7. The van der Waals surface area contributed by atoms with Crippen LogP contribution in [0.25, 0.3) is 0 Å². The number of hydrogen-bond donors (Lipinski definition) is 2. The molecular formula is C17H16F3N3O3. The van der Waals surface area contributed by atoms with Gasteiger partial charge in [-0.05, 0) is 37.3 Å². The van der Waals surface area contributed by atoms with E-state index in [9.17, 15) is 22.8 Å². The van der Waals surface area contributed by atoms with Gasteiger partial charge in [-0.15, -0.1) is 0 Å². The topological polar surface area (TPSA) is 80.3 Å². The zero-order chi connectivity index (χ0) is 19.5. The first kappa shape index (κ1) is 19.2. The van der Waals surface area contributed by atoms with Gasteiger partial charge in [0.05, 0.1) is 24.1 Å². The van der Waals surface area contributed by atoms with Crippen molar-refractivity contribution >= 4 is 23.2 Å². The number of halogens is 3. The second-order valence-electron chi connectivity index (χ2n) is 5.38. The van der Waals surface area contributed by atoms with Crippen molar-refractivity contribution in [3.05, 3.63) is 47.3 Å². The highest BCUT2D eigenvalue weighted by Crippen LogP contribution is 2.30. The molecule has 6 nitrogen and oxygen atoms in total. The molecule has 26 heavy (non-hydrogen) atoms. The Morgan fingerprint density at radius 3 is 2.35 bits per heavy atom. The Balaban J connectivity index is 2.30. The van der Waals surface area contributed by atoms with E-state index in [1.54, 1.807) is 12.1 Å². The minimum atomic E-state index is -4.59. The molecule has 0 spiro atoms. The van der Waals surface area contributed by atoms with Crippen molar-refractivity contribution in [3.8, 4) is 5.75 Å². The van der Waals surface area contributed by atoms with E-state index in [-0.39, 0.29) is 22.9 Å². The van der Waals surface area contributed by atoms with E-state index in [1.165, 1.54) is 27.0 Å². The average Bonchev–Trinajstić information content (AvgIpc) is 2.53. The van der Waals surface area contributed by atoms with Gasteiger partial charge in [0, 0.05) is 12.6 Å². The van der Waals surface area contributed by atoms with E-state index in [0.717, 1.165) is 12.1 Å². The fourth-order valence-electron chi connectivity index (χ4n) is 2.24. The van der Waals surface area contributed by atoms with Crippen molar-refractivity contribution in [1.82, 2.24) is 4.98 Å². The van der Waals surface area contributed by atoms with Crippen LogP contribution in [-0.4, -0.2) is 23.9 Å². The number of ether oxygens (including phenoxy) is 1. The van der Waals surface area contributed by atoms with Gasteiger partial charge in [0.15, 0.2) is 0 Å². The monoisotopic (exact) mass is 367 g/mol. The predicted octanol–water partition coefficient (Wildman–Crippen LogP) is 3.63. The fourth-order valence-corrected chi connectivity index (χ4v) is 2.24. The molecule has 9 heteroatoms. The van der Waals surface area contributed by atoms with Gasteiger partial charge >= 0.3 is 6.18 Å². The molecule has 0 saturated heterocycles. The van der Waals surface area contributed by atoms with Crippen LogP contribution in [0.2, 0.25) is 0 Å². The molecule has 2 N–H and O–H groups in total. The van der Waals surface area contributed by atoms with Crippen LogP contribution < -0.4 is 15.4 Å². The molecule has 2 amide bonds. The van der Waals surface area contributed by atoms with E-state index >= 15 is 0 Å². The zero-order valence-electron chi connectivity index (χ0n) is 14.2. The highest BCUT2D eigenvalue weighted by atomic mass is 19.4. The second kappa shape index (κ2) is 7.42. The number of carbonyl (C=O) groups excluding carboxylic acids is 2. The van der Waals surface area contributed by atoms with Crippen LogP contribution in [0.3, 0.4) is 0 Å². The van der Waals surface area contributed by atoms with E-state index < -0.39 is 17.8 Å². The molecule has 0 unspecified atom stereocenters. The lowest BCUT2D eigenvalue weighted by Crippen LogP contribution is -2.17. The normalized spacial score (nSPS) is 11.0. The molecule has 0 atom stereocenters. The largest absolute Gasteiger partial charge is 0.495 e. The van der Waals surface area contributed by atoms with Gasteiger partial charge in [0.25, 0.3) is 5.91 Å². The van der Waals surface area contributed by atoms with Crippen LogP contribution in [0.15, 0.2) is 30.3 Å². The van der Waals surface area contributed by atoms with Crippen LogP contribution in [0.4, 0.5) is 24.5 Å². The van der Waals surface area contributed by atoms with E-state index in [1.807, 2.05) is 0 Å². The van der Waals surface area contributed by atoms with Crippen molar-refractivity contribution in [1.29, 1.82) is 0 Å². The van der Waals surface area contributed by atoms with Gasteiger partial charge in [0.2, 0.25) is 5.91 Å². The standard InChI is InChI=1S/C17H16F3N3O3/c1-9-12(5-7-15(21-9)17(18,19)20)16(25)23-13-8-11(22-10(2)24)4-6-14(13)26-3/h4-8H,1-3H3,(H,22,24)(H,23,25). The number of amides is 2. The van der Waals surface area contributed by atoms with Gasteiger partial charge in [-0.25, -0.2) is 4.98 Å². The maximum absolute atomic E-state index is 12.7. The van der Waals surface area contributed by atoms with Gasteiger partial charge in [-0.3, -0.25) is 9.59 Å². The van der Waals surface area contributed by atoms with Crippen LogP contribution in [0.5, 0.6) is 5.75 Å². The third-order valence-electron chi connectivity index (χ3n) is 3.39. The molecule has 0 fully saturated rings. The molecular weight excluding hydrogens is 351 g/mol. The van der Waals surface area contributed by atoms with E-state index in [2.05, 4.69) is 15.6 Å². The van der Waals surface area contributed by atoms with Crippen molar-refractivity contribution in [2.75, 3.05) is 17.7 Å². The summed E-state index contributed by atoms with van der Waals surface area (Å²) < 4.78 is 43.2. The Labute approximate surface area is 147 Å². The average molecular weight is 367 g/mol. The SMILES string of the molecule is COc1ccc(NC(C)=O)cc1NC(=O)c1ccc(C(F)(F)F)nc1C. The maximum Gasteiger partial charge on any atom is 0.433 e. The third kappa shape index (κ3) is 4.50. The molecule has 0 aliphatic carbocycles. The highest BCUT2D eigenvalue weighted by molar-refractivity contribution is 6.06. The fraction of sp³-hybridized carbons (Fsp3) is 0.235. The highest BCUT2D eigenvalue weighted by Gasteiger charge is 2.33. The summed E-state index contributed by atoms with van der Waals surface area (Å²) >= 11 is 0. The van der Waals surface area contributed by atoms with Crippen LogP contribution in [0.1, 0.15) is 28.7 Å². The molecule has 2 rings (SSSR count). The minimum Gasteiger partial charge on any atom is -0.495 e. The predicted molar refractivity (Wildman–Crippen MR) is 89.2 cm³/mol. The summed E-state index contributed by atoms with van der Waals surface area (Å²) in [5.41, 5.74) is -0.463. The summed E-state index contributed by atoms with van der Waals surface area (Å²) in [5, 5.41) is 5.12. The lowest BCUT2D eigenvalue weighted by atomic mass is 10.1. The number of aromatic nitrogens is 1. The van der Waals surface area contributed by atoms with Crippen molar-refractivity contribution in [2.45, 2.75) is 20.0 Å². The lowest BCUT2D eigenvalue weighted by Gasteiger charge is -2.14. The number of nitrogens with zero attached hydrogens (tertiary/aromatic N) is 1. The zero-order valence-corrected chi connectivity index (χ0v) is 14.2. The third-order valence-corrected chi connectivity index (χ3v) is 3.39. The first-order chi connectivity index (χ1) is 12.1. The molecule has 0 saturated carbocycles. The summed E-state index contributed by atoms with van der Waals surface area (Å²) in [5.74, 6) is -0.623. The molecule has 0 aliphatic heterocycles. The lowest BCUT2D eigenvalue weighted by molar-refractivity contribution is -0.141. The van der Waals surface area contributed by atoms with Gasteiger partial charge in [-0.1, -0.05) is 0 Å². The Morgan fingerprint density at radius 2 is 1.81 bits per heavy atom. The summed E-state index contributed by atoms with van der Waals surface area (Å²) in [4.78, 5) is 27.0. The number of carbonyl (C=O) groups is 2. The number of benzene rings is 1. The number of pyridine rings is 1. The van der Waals surface area contributed by atoms with E-state index in [4.69, 9.17) is 4.74 Å². The van der Waals surface area contributed by atoms with Gasteiger partial charge in [0.1, 0.15) is 11.4 Å². The number of hydrogen-bond acceptors (Lipinski definition) is 4. The number of aryl methyl sites for hydroxylation is 1. The van der Waals surface area contributed by atoms with Crippen LogP contribution in [-0.2, 0) is 11.0 Å². The first-order valence-corrected chi connectivity index (χ1v) is 7.43. The molecule has 1 aromatic carbocycles. The van der Waals surface area contributed by atoms with Gasteiger partial charge in [-0.2, -0.15) is 13.2 Å². The Morgan fingerprint density at radius 1 is 1.12 bits per heavy atom. The summed E-state index contributed by atoms with van der Waals surface area (Å²) in [6.07, 6.45) is -4.59. The van der Waals surface area contributed by atoms with Gasteiger partial charge < -0.3 is 15.4 Å². The smallest absolute Gasteiger partial charge is 0.433 e. The van der Waals surface area contributed by atoms with Crippen LogP contribution in [0, 0.1) is 6.92 Å². The molecule has 138 valence electrons. The van der Waals surface area contributed by atoms with E-state index in [0.29, 0.717) is 11.4 Å².